The van der Waals surface area contributed by atoms with Gasteiger partial charge in [0, 0.05) is 17.2 Å². The summed E-state index contributed by atoms with van der Waals surface area (Å²) < 4.78 is 19.2. The summed E-state index contributed by atoms with van der Waals surface area (Å²) in [5.41, 5.74) is 0.943. The van der Waals surface area contributed by atoms with Crippen LogP contribution in [-0.4, -0.2) is 28.5 Å². The third-order valence-corrected chi connectivity index (χ3v) is 7.63. The zero-order valence-electron chi connectivity index (χ0n) is 20.1. The highest BCUT2D eigenvalue weighted by atomic mass is 16.5. The van der Waals surface area contributed by atoms with Gasteiger partial charge in [-0.2, -0.15) is 5.26 Å². The topological polar surface area (TPSA) is 96.9 Å². The molecule has 2 bridgehead atoms. The number of aromatic nitrogens is 1. The van der Waals surface area contributed by atoms with E-state index < -0.39 is 11.2 Å². The smallest absolute Gasteiger partial charge is 0.205 e. The van der Waals surface area contributed by atoms with Crippen molar-refractivity contribution in [3.05, 3.63) is 77.4 Å². The summed E-state index contributed by atoms with van der Waals surface area (Å²) in [6.07, 6.45) is 1.97. The molecule has 0 unspecified atom stereocenters. The number of nitriles is 1. The van der Waals surface area contributed by atoms with Crippen LogP contribution in [-0.2, 0) is 15.9 Å². The van der Waals surface area contributed by atoms with Gasteiger partial charge < -0.3 is 24.4 Å². The Labute approximate surface area is 208 Å². The van der Waals surface area contributed by atoms with E-state index in [2.05, 4.69) is 6.07 Å². The van der Waals surface area contributed by atoms with Crippen LogP contribution in [0.25, 0.3) is 16.5 Å². The molecular weight excluding hydrogens is 456 g/mol. The van der Waals surface area contributed by atoms with Crippen molar-refractivity contribution in [2.45, 2.75) is 37.4 Å². The number of benzene rings is 3. The Balaban J connectivity index is 1.40. The van der Waals surface area contributed by atoms with Gasteiger partial charge in [0.05, 0.1) is 47.8 Å². The lowest BCUT2D eigenvalue weighted by molar-refractivity contribution is -0.0876. The van der Waals surface area contributed by atoms with E-state index in [-0.39, 0.29) is 11.8 Å². The van der Waals surface area contributed by atoms with Crippen molar-refractivity contribution in [3.8, 4) is 35.0 Å². The van der Waals surface area contributed by atoms with Crippen LogP contribution in [0.15, 0.2) is 60.7 Å². The van der Waals surface area contributed by atoms with Crippen molar-refractivity contribution >= 4 is 10.8 Å². The second-order valence-electron chi connectivity index (χ2n) is 9.62. The summed E-state index contributed by atoms with van der Waals surface area (Å²) in [6, 6.07) is 20.6. The van der Waals surface area contributed by atoms with Gasteiger partial charge in [-0.3, -0.25) is 4.57 Å². The Hall–Kier alpha value is -4.15. The molecule has 0 saturated carbocycles. The van der Waals surface area contributed by atoms with E-state index in [9.17, 15) is 15.5 Å². The van der Waals surface area contributed by atoms with Gasteiger partial charge in [-0.1, -0.05) is 24.3 Å². The molecule has 0 spiro atoms. The largest absolute Gasteiger partial charge is 0.497 e. The van der Waals surface area contributed by atoms with Gasteiger partial charge in [-0.05, 0) is 56.2 Å². The molecule has 3 heterocycles. The Morgan fingerprint density at radius 2 is 1.64 bits per heavy atom. The molecule has 182 valence electrons. The molecule has 0 aliphatic carbocycles. The van der Waals surface area contributed by atoms with Gasteiger partial charge >= 0.3 is 0 Å². The van der Waals surface area contributed by atoms with Gasteiger partial charge in [0.1, 0.15) is 17.1 Å². The van der Waals surface area contributed by atoms with Gasteiger partial charge in [-0.15, -0.1) is 0 Å². The molecule has 0 amide bonds. The zero-order valence-corrected chi connectivity index (χ0v) is 20.1. The van der Waals surface area contributed by atoms with Gasteiger partial charge in [0.15, 0.2) is 0 Å². The first-order chi connectivity index (χ1) is 17.4. The summed E-state index contributed by atoms with van der Waals surface area (Å²) in [5, 5.41) is 34.1. The number of aromatic hydroxyl groups is 2. The molecule has 2 atom stereocenters. The van der Waals surface area contributed by atoms with E-state index in [4.69, 9.17) is 14.2 Å². The molecule has 2 aliphatic heterocycles. The number of methoxy groups -OCH3 is 1. The molecule has 3 aromatic carbocycles. The van der Waals surface area contributed by atoms with E-state index in [1.165, 1.54) is 4.57 Å². The molecular formula is C29H26N2O5. The number of hydrogen-bond acceptors (Lipinski definition) is 6. The minimum absolute atomic E-state index is 0.0301. The van der Waals surface area contributed by atoms with Crippen LogP contribution in [0.1, 0.15) is 42.9 Å². The average Bonchev–Trinajstić information content (AvgIpc) is 3.48. The molecule has 36 heavy (non-hydrogen) atoms. The second-order valence-corrected chi connectivity index (χ2v) is 9.62. The lowest BCUT2D eigenvalue weighted by atomic mass is 9.78. The summed E-state index contributed by atoms with van der Waals surface area (Å²) in [6.45, 7) is 2.35. The van der Waals surface area contributed by atoms with Crippen molar-refractivity contribution in [2.24, 2.45) is 0 Å². The highest BCUT2D eigenvalue weighted by Crippen LogP contribution is 2.65. The molecule has 7 heteroatoms. The van der Waals surface area contributed by atoms with Gasteiger partial charge in [0.25, 0.3) is 0 Å². The van der Waals surface area contributed by atoms with Crippen LogP contribution in [0, 0.1) is 11.3 Å². The molecule has 1 saturated heterocycles. The Morgan fingerprint density at radius 3 is 2.36 bits per heavy atom. The van der Waals surface area contributed by atoms with E-state index in [0.29, 0.717) is 41.8 Å². The second kappa shape index (κ2) is 7.94. The van der Waals surface area contributed by atoms with Crippen LogP contribution < -0.4 is 9.47 Å². The fraction of sp³-hybridized carbons (Fsp3) is 0.276. The molecule has 2 N–H and O–H groups in total. The summed E-state index contributed by atoms with van der Waals surface area (Å²) >= 11 is 0. The van der Waals surface area contributed by atoms with Gasteiger partial charge in [0.2, 0.25) is 11.8 Å². The molecule has 2 aliphatic rings. The third kappa shape index (κ3) is 3.08. The number of rotatable bonds is 6. The molecule has 7 nitrogen and oxygen atoms in total. The monoisotopic (exact) mass is 482 g/mol. The van der Waals surface area contributed by atoms with E-state index >= 15 is 0 Å². The summed E-state index contributed by atoms with van der Waals surface area (Å²) in [4.78, 5) is 0. The lowest BCUT2D eigenvalue weighted by Crippen LogP contribution is -2.25. The maximum Gasteiger partial charge on any atom is 0.205 e. The Bertz CT molecular complexity index is 1530. The summed E-state index contributed by atoms with van der Waals surface area (Å²) in [7, 11) is 1.62. The van der Waals surface area contributed by atoms with Crippen molar-refractivity contribution in [1.29, 1.82) is 5.26 Å². The highest BCUT2D eigenvalue weighted by Gasteiger charge is 2.61. The van der Waals surface area contributed by atoms with E-state index in [0.717, 1.165) is 28.7 Å². The summed E-state index contributed by atoms with van der Waals surface area (Å²) in [5.74, 6) is 1.41. The van der Waals surface area contributed by atoms with E-state index in [1.54, 1.807) is 19.2 Å². The predicted molar refractivity (Wildman–Crippen MR) is 134 cm³/mol. The van der Waals surface area contributed by atoms with Crippen LogP contribution in [0.5, 0.6) is 23.3 Å². The first-order valence-electron chi connectivity index (χ1n) is 12.0. The standard InChI is InChI=1S/C29H26N2O5/c1-28-13-14-29(36-28,15-16-35-20-10-8-19(34-2)9-11-20)25-24(28)26(32)31(27(25)33)23-12-7-18(17-30)21-5-3-4-6-22(21)23/h3-12,32-33H,13-16H2,1-2H3/t28-,29-/m1/s1. The number of fused-ring (bicyclic) bond motifs is 6. The predicted octanol–water partition coefficient (Wildman–Crippen LogP) is 5.63. The first kappa shape index (κ1) is 22.3. The normalized spacial score (nSPS) is 21.9. The maximum atomic E-state index is 11.5. The van der Waals surface area contributed by atoms with Crippen LogP contribution in [0.2, 0.25) is 0 Å². The van der Waals surface area contributed by atoms with Crippen molar-refractivity contribution in [1.82, 2.24) is 4.57 Å². The van der Waals surface area contributed by atoms with Crippen molar-refractivity contribution in [2.75, 3.05) is 13.7 Å². The zero-order chi connectivity index (χ0) is 25.1. The highest BCUT2D eigenvalue weighted by molar-refractivity contribution is 5.95. The third-order valence-electron chi connectivity index (χ3n) is 7.63. The molecule has 4 aromatic rings. The molecule has 1 aromatic heterocycles. The molecule has 0 radical (unpaired) electrons. The quantitative estimate of drug-likeness (QED) is 0.370. The number of nitrogens with zero attached hydrogens (tertiary/aromatic N) is 2. The van der Waals surface area contributed by atoms with Crippen molar-refractivity contribution in [3.63, 3.8) is 0 Å². The fourth-order valence-corrected chi connectivity index (χ4v) is 5.92. The lowest BCUT2D eigenvalue weighted by Gasteiger charge is -2.26. The van der Waals surface area contributed by atoms with Crippen LogP contribution in [0.4, 0.5) is 0 Å². The molecule has 1 fully saturated rings. The minimum atomic E-state index is -0.758. The first-order valence-corrected chi connectivity index (χ1v) is 12.0. The van der Waals surface area contributed by atoms with Gasteiger partial charge in [-0.25, -0.2) is 0 Å². The Morgan fingerprint density at radius 1 is 0.944 bits per heavy atom. The fourth-order valence-electron chi connectivity index (χ4n) is 5.92. The van der Waals surface area contributed by atoms with Crippen molar-refractivity contribution < 1.29 is 24.4 Å². The maximum absolute atomic E-state index is 11.5. The minimum Gasteiger partial charge on any atom is -0.497 e. The SMILES string of the molecule is COc1ccc(OCC[C@@]23CC[C@@](C)(O2)c2c3c(O)n(-c3ccc(C#N)c4ccccc34)c2O)cc1. The average molecular weight is 483 g/mol. The number of ether oxygens (including phenoxy) is 3. The van der Waals surface area contributed by atoms with E-state index in [1.807, 2.05) is 55.5 Å². The van der Waals surface area contributed by atoms with Crippen LogP contribution in [0.3, 0.4) is 0 Å². The Kier molecular flexibility index (Phi) is 4.92. The molecule has 6 rings (SSSR count). The van der Waals surface area contributed by atoms with Crippen LogP contribution >= 0.6 is 0 Å². The number of hydrogen-bond donors (Lipinski definition) is 2.